The largest absolute Gasteiger partial charge is 0.507 e. The Morgan fingerprint density at radius 1 is 0.682 bits per heavy atom. The van der Waals surface area contributed by atoms with E-state index in [0.29, 0.717) is 0 Å². The van der Waals surface area contributed by atoms with Crippen LogP contribution in [0.4, 0.5) is 0 Å². The maximum atomic E-state index is 13.0. The molecule has 2 saturated heterocycles. The number of aliphatic hydroxyl groups excluding tert-OH is 7. The number of aliphatic hydroxyl groups is 7. The van der Waals surface area contributed by atoms with E-state index in [1.807, 2.05) is 0 Å². The van der Waals surface area contributed by atoms with Crippen molar-refractivity contribution in [2.24, 2.45) is 0 Å². The summed E-state index contributed by atoms with van der Waals surface area (Å²) >= 11 is 0. The third kappa shape index (κ3) is 5.61. The second kappa shape index (κ2) is 12.3. The minimum Gasteiger partial charge on any atom is -0.507 e. The van der Waals surface area contributed by atoms with Gasteiger partial charge in [-0.25, -0.2) is 0 Å². The van der Waals surface area contributed by atoms with Crippen molar-refractivity contribution < 1.29 is 79.5 Å². The quantitative estimate of drug-likeness (QED) is 0.119. The fourth-order valence-electron chi connectivity index (χ4n) is 4.96. The van der Waals surface area contributed by atoms with Crippen LogP contribution in [0.3, 0.4) is 0 Å². The highest BCUT2D eigenvalue weighted by Crippen LogP contribution is 2.43. The minimum absolute atomic E-state index is 0.0877. The molecule has 11 N–H and O–H groups in total. The van der Waals surface area contributed by atoms with Crippen molar-refractivity contribution in [3.05, 3.63) is 40.6 Å². The lowest BCUT2D eigenvalue weighted by molar-refractivity contribution is -0.357. The second-order valence-electron chi connectivity index (χ2n) is 10.2. The Bertz CT molecular complexity index is 1560. The Hall–Kier alpha value is -3.75. The molecule has 0 aliphatic carbocycles. The van der Waals surface area contributed by atoms with Gasteiger partial charge in [-0.2, -0.15) is 0 Å². The summed E-state index contributed by atoms with van der Waals surface area (Å²) in [4.78, 5) is 13.0. The maximum Gasteiger partial charge on any atom is 0.230 e. The summed E-state index contributed by atoms with van der Waals surface area (Å²) in [5.74, 6) is -3.43. The van der Waals surface area contributed by atoms with Gasteiger partial charge in [-0.1, -0.05) is 0 Å². The summed E-state index contributed by atoms with van der Waals surface area (Å²) in [5, 5.41) is 112. The number of phenolic OH excluding ortho intramolecular Hbond substituents is 4. The van der Waals surface area contributed by atoms with Gasteiger partial charge in [0, 0.05) is 17.7 Å². The number of hydrogen-bond acceptors (Lipinski definition) is 17. The molecule has 0 radical (unpaired) electrons. The van der Waals surface area contributed by atoms with Gasteiger partial charge in [0.1, 0.15) is 59.6 Å². The molecule has 17 heteroatoms. The summed E-state index contributed by atoms with van der Waals surface area (Å²) in [6.45, 7) is -1.66. The van der Waals surface area contributed by atoms with Crippen molar-refractivity contribution in [1.29, 1.82) is 0 Å². The van der Waals surface area contributed by atoms with Crippen LogP contribution in [0.5, 0.6) is 28.7 Å². The molecule has 3 heterocycles. The smallest absolute Gasteiger partial charge is 0.230 e. The van der Waals surface area contributed by atoms with E-state index < -0.39 is 120 Å². The van der Waals surface area contributed by atoms with Gasteiger partial charge in [0.05, 0.1) is 13.2 Å². The molecule has 2 fully saturated rings. The first-order valence-electron chi connectivity index (χ1n) is 13.2. The Kier molecular flexibility index (Phi) is 8.87. The van der Waals surface area contributed by atoms with Gasteiger partial charge in [-0.3, -0.25) is 4.79 Å². The lowest BCUT2D eigenvalue weighted by Crippen LogP contribution is -2.65. The molecular formula is C27H30O17. The van der Waals surface area contributed by atoms with E-state index in [1.54, 1.807) is 0 Å². The molecule has 2 aliphatic rings. The van der Waals surface area contributed by atoms with Crippen molar-refractivity contribution in [3.63, 3.8) is 0 Å². The Morgan fingerprint density at radius 3 is 1.95 bits per heavy atom. The summed E-state index contributed by atoms with van der Waals surface area (Å²) in [7, 11) is 0. The standard InChI is InChI=1S/C27H30O17/c28-6-15-18(35)20(37)22(39)26(41-15)44-25-21(38)19(36)16(7-29)42-27(25)43-23-13(34)4-11(32)17-12(33)5-14(40-24(17)23)8-1-2-9(30)10(31)3-8/h1-5,15-16,18-22,25-32,34-39H,6-7H2/t15-,16-,18+,19-,20+,21+,22-,25-,26+,27+/m1/s1. The SMILES string of the molecule is O=c1cc(-c2ccc(O)c(O)c2)oc2c(O[C@@H]3O[C@H](CO)[C@@H](O)[C@H](O)[C@H]3O[C@@H]3O[C@H](CO)[C@H](O)[C@H](O)[C@H]3O)c(O)cc(O)c12. The number of ether oxygens (including phenoxy) is 4. The molecule has 240 valence electrons. The zero-order valence-corrected chi connectivity index (χ0v) is 22.4. The van der Waals surface area contributed by atoms with Crippen LogP contribution < -0.4 is 10.2 Å². The van der Waals surface area contributed by atoms with E-state index in [9.17, 15) is 61.0 Å². The molecule has 0 saturated carbocycles. The molecule has 0 unspecified atom stereocenters. The number of rotatable bonds is 7. The van der Waals surface area contributed by atoms with E-state index >= 15 is 0 Å². The zero-order valence-electron chi connectivity index (χ0n) is 22.4. The molecule has 2 aromatic carbocycles. The van der Waals surface area contributed by atoms with Gasteiger partial charge in [-0.05, 0) is 18.2 Å². The van der Waals surface area contributed by atoms with Crippen LogP contribution in [0.1, 0.15) is 0 Å². The fourth-order valence-corrected chi connectivity index (χ4v) is 4.96. The summed E-state index contributed by atoms with van der Waals surface area (Å²) in [5.41, 5.74) is -1.31. The van der Waals surface area contributed by atoms with Gasteiger partial charge < -0.3 is 79.5 Å². The van der Waals surface area contributed by atoms with Gasteiger partial charge in [0.2, 0.25) is 12.0 Å². The summed E-state index contributed by atoms with van der Waals surface area (Å²) < 4.78 is 28.0. The fraction of sp³-hybridized carbons (Fsp3) is 0.444. The van der Waals surface area contributed by atoms with Gasteiger partial charge in [0.25, 0.3) is 0 Å². The first kappa shape index (κ1) is 31.7. The maximum absolute atomic E-state index is 13.0. The molecule has 3 aromatic rings. The van der Waals surface area contributed by atoms with Crippen LogP contribution in [-0.4, -0.2) is 131 Å². The lowest BCUT2D eigenvalue weighted by Gasteiger charge is -2.45. The molecule has 0 spiro atoms. The molecule has 2 aliphatic heterocycles. The van der Waals surface area contributed by atoms with Crippen LogP contribution in [0.2, 0.25) is 0 Å². The van der Waals surface area contributed by atoms with Crippen molar-refractivity contribution in [1.82, 2.24) is 0 Å². The van der Waals surface area contributed by atoms with Crippen molar-refractivity contribution in [2.75, 3.05) is 13.2 Å². The van der Waals surface area contributed by atoms with E-state index in [1.165, 1.54) is 6.07 Å². The van der Waals surface area contributed by atoms with E-state index in [2.05, 4.69) is 0 Å². The lowest BCUT2D eigenvalue weighted by atomic mass is 9.97. The van der Waals surface area contributed by atoms with Crippen LogP contribution >= 0.6 is 0 Å². The van der Waals surface area contributed by atoms with Gasteiger partial charge in [0.15, 0.2) is 40.7 Å². The topological polar surface area (TPSA) is 290 Å². The summed E-state index contributed by atoms with van der Waals surface area (Å²) in [6, 6.07) is 5.18. The Labute approximate surface area is 246 Å². The average molecular weight is 627 g/mol. The highest BCUT2D eigenvalue weighted by Gasteiger charge is 2.51. The summed E-state index contributed by atoms with van der Waals surface area (Å²) in [6.07, 6.45) is -17.8. The number of fused-ring (bicyclic) bond motifs is 1. The average Bonchev–Trinajstić information content (AvgIpc) is 2.99. The number of phenols is 4. The molecule has 17 nitrogen and oxygen atoms in total. The molecule has 0 bridgehead atoms. The van der Waals surface area contributed by atoms with Crippen LogP contribution in [-0.2, 0) is 14.2 Å². The number of hydrogen-bond donors (Lipinski definition) is 11. The molecular weight excluding hydrogens is 596 g/mol. The molecule has 10 atom stereocenters. The molecule has 1 aromatic heterocycles. The molecule has 44 heavy (non-hydrogen) atoms. The number of aromatic hydroxyl groups is 4. The van der Waals surface area contributed by atoms with Crippen molar-refractivity contribution in [3.8, 4) is 40.1 Å². The van der Waals surface area contributed by atoms with Gasteiger partial charge >= 0.3 is 0 Å². The molecule has 0 amide bonds. The predicted molar refractivity (Wildman–Crippen MR) is 142 cm³/mol. The van der Waals surface area contributed by atoms with Crippen molar-refractivity contribution >= 4 is 11.0 Å². The van der Waals surface area contributed by atoms with Gasteiger partial charge in [-0.15, -0.1) is 0 Å². The third-order valence-electron chi connectivity index (χ3n) is 7.37. The zero-order chi connectivity index (χ0) is 32.0. The minimum atomic E-state index is -1.95. The highest BCUT2D eigenvalue weighted by atomic mass is 16.8. The van der Waals surface area contributed by atoms with E-state index in [0.717, 1.165) is 24.3 Å². The van der Waals surface area contributed by atoms with E-state index in [4.69, 9.17) is 23.4 Å². The Morgan fingerprint density at radius 2 is 1.32 bits per heavy atom. The number of benzene rings is 2. The van der Waals surface area contributed by atoms with E-state index in [-0.39, 0.29) is 11.3 Å². The predicted octanol–water partition coefficient (Wildman–Crippen LogP) is -2.71. The Balaban J connectivity index is 1.57. The van der Waals surface area contributed by atoms with Crippen LogP contribution in [0.15, 0.2) is 39.5 Å². The highest BCUT2D eigenvalue weighted by molar-refractivity contribution is 5.91. The third-order valence-corrected chi connectivity index (χ3v) is 7.37. The molecule has 5 rings (SSSR count). The monoisotopic (exact) mass is 626 g/mol. The normalized spacial score (nSPS) is 32.5. The van der Waals surface area contributed by atoms with Crippen LogP contribution in [0, 0.1) is 0 Å². The van der Waals surface area contributed by atoms with Crippen LogP contribution in [0.25, 0.3) is 22.3 Å². The first-order chi connectivity index (χ1) is 20.9. The first-order valence-corrected chi connectivity index (χ1v) is 13.2. The van der Waals surface area contributed by atoms with Crippen molar-refractivity contribution in [2.45, 2.75) is 61.4 Å². The second-order valence-corrected chi connectivity index (χ2v) is 10.2.